The summed E-state index contributed by atoms with van der Waals surface area (Å²) in [5.41, 5.74) is 13.4. The molecule has 2 heterocycles. The summed E-state index contributed by atoms with van der Waals surface area (Å²) in [5.74, 6) is 0. The highest BCUT2D eigenvalue weighted by Gasteiger charge is 2.18. The molecule has 3 heteroatoms. The third-order valence-electron chi connectivity index (χ3n) is 12.0. The van der Waals surface area contributed by atoms with Crippen molar-refractivity contribution < 1.29 is 4.42 Å². The zero-order valence-electron chi connectivity index (χ0n) is 32.1. The van der Waals surface area contributed by atoms with Gasteiger partial charge in [-0.05, 0) is 123 Å². The molecule has 0 spiro atoms. The van der Waals surface area contributed by atoms with E-state index in [9.17, 15) is 0 Å². The minimum absolute atomic E-state index is 0.909. The lowest BCUT2D eigenvalue weighted by Gasteiger charge is -2.26. The van der Waals surface area contributed by atoms with Gasteiger partial charge in [0.25, 0.3) is 0 Å². The van der Waals surface area contributed by atoms with E-state index in [4.69, 9.17) is 4.42 Å². The van der Waals surface area contributed by atoms with Crippen LogP contribution in [0.15, 0.2) is 223 Å². The van der Waals surface area contributed by atoms with Crippen molar-refractivity contribution in [3.8, 4) is 27.9 Å². The second-order valence-corrected chi connectivity index (χ2v) is 15.3. The van der Waals surface area contributed by atoms with Crippen LogP contribution < -0.4 is 4.90 Å². The van der Waals surface area contributed by atoms with E-state index in [0.717, 1.165) is 55.8 Å². The van der Waals surface area contributed by atoms with Gasteiger partial charge in [0, 0.05) is 44.3 Å². The lowest BCUT2D eigenvalue weighted by Crippen LogP contribution is -2.09. The Morgan fingerprint density at radius 1 is 0.322 bits per heavy atom. The number of fused-ring (bicyclic) bond motifs is 10. The van der Waals surface area contributed by atoms with Gasteiger partial charge < -0.3 is 13.9 Å². The summed E-state index contributed by atoms with van der Waals surface area (Å²) in [6.45, 7) is 0. The van der Waals surface area contributed by atoms with Crippen molar-refractivity contribution in [2.24, 2.45) is 0 Å². The molecule has 2 aromatic heterocycles. The molecule has 0 atom stereocenters. The third-order valence-corrected chi connectivity index (χ3v) is 12.0. The van der Waals surface area contributed by atoms with E-state index in [0.29, 0.717) is 0 Å². The van der Waals surface area contributed by atoms with Crippen molar-refractivity contribution in [1.29, 1.82) is 0 Å². The third kappa shape index (κ3) is 5.44. The summed E-state index contributed by atoms with van der Waals surface area (Å²) < 4.78 is 8.52. The van der Waals surface area contributed by atoms with Crippen LogP contribution in [0, 0.1) is 0 Å². The molecule has 0 aliphatic carbocycles. The number of anilines is 3. The molecular weight excluding hydrogens is 717 g/mol. The van der Waals surface area contributed by atoms with Crippen LogP contribution in [0.2, 0.25) is 0 Å². The van der Waals surface area contributed by atoms with E-state index in [1.54, 1.807) is 0 Å². The first kappa shape index (κ1) is 33.3. The number of nitrogens with zero attached hydrogens (tertiary/aromatic N) is 2. The summed E-state index contributed by atoms with van der Waals surface area (Å²) in [6, 6.07) is 78.7. The Bertz CT molecular complexity index is 3430. The molecular formula is C56H36N2O. The molecule has 10 aromatic carbocycles. The molecule has 12 aromatic rings. The average Bonchev–Trinajstić information content (AvgIpc) is 3.86. The Hall–Kier alpha value is -7.88. The minimum Gasteiger partial charge on any atom is -0.456 e. The fourth-order valence-electron chi connectivity index (χ4n) is 9.16. The fraction of sp³-hybridized carbons (Fsp3) is 0. The summed E-state index contributed by atoms with van der Waals surface area (Å²) in [5, 5.41) is 9.95. The van der Waals surface area contributed by atoms with Gasteiger partial charge in [0.15, 0.2) is 0 Å². The predicted octanol–water partition coefficient (Wildman–Crippen LogP) is 15.8. The molecule has 0 saturated carbocycles. The largest absolute Gasteiger partial charge is 0.456 e. The highest BCUT2D eigenvalue weighted by Crippen LogP contribution is 2.42. The lowest BCUT2D eigenvalue weighted by molar-refractivity contribution is 0.669. The van der Waals surface area contributed by atoms with Crippen molar-refractivity contribution in [3.63, 3.8) is 0 Å². The number of furan rings is 1. The molecule has 0 amide bonds. The number of hydrogen-bond acceptors (Lipinski definition) is 2. The van der Waals surface area contributed by atoms with Crippen LogP contribution >= 0.6 is 0 Å². The number of aromatic nitrogens is 1. The van der Waals surface area contributed by atoms with Gasteiger partial charge in [-0.3, -0.25) is 0 Å². The molecule has 276 valence electrons. The molecule has 0 N–H and O–H groups in total. The Morgan fingerprint density at radius 3 is 1.39 bits per heavy atom. The maximum absolute atomic E-state index is 6.09. The van der Waals surface area contributed by atoms with Gasteiger partial charge >= 0.3 is 0 Å². The SMILES string of the molecule is c1ccc(N(c2ccc(-c3ccc(-n4c5ccc6ccccc6c5c5c6ccccc6ccc54)cc3)cc2)c2ccc(-c3ccc4oc5ccccc5c4c3)cc2)cc1. The van der Waals surface area contributed by atoms with E-state index in [2.05, 4.69) is 216 Å². The van der Waals surface area contributed by atoms with Crippen molar-refractivity contribution in [2.45, 2.75) is 0 Å². The molecule has 0 saturated heterocycles. The van der Waals surface area contributed by atoms with Crippen molar-refractivity contribution in [1.82, 2.24) is 4.57 Å². The van der Waals surface area contributed by atoms with Gasteiger partial charge in [-0.2, -0.15) is 0 Å². The van der Waals surface area contributed by atoms with Crippen LogP contribution in [0.25, 0.3) is 93.2 Å². The number of para-hydroxylation sites is 2. The maximum Gasteiger partial charge on any atom is 0.135 e. The van der Waals surface area contributed by atoms with Gasteiger partial charge in [-0.15, -0.1) is 0 Å². The highest BCUT2D eigenvalue weighted by molar-refractivity contribution is 6.28. The molecule has 59 heavy (non-hydrogen) atoms. The maximum atomic E-state index is 6.09. The van der Waals surface area contributed by atoms with E-state index in [-0.39, 0.29) is 0 Å². The van der Waals surface area contributed by atoms with Crippen molar-refractivity contribution >= 4 is 82.4 Å². The predicted molar refractivity (Wildman–Crippen MR) is 249 cm³/mol. The summed E-state index contributed by atoms with van der Waals surface area (Å²) in [7, 11) is 0. The van der Waals surface area contributed by atoms with Crippen LogP contribution in [0.4, 0.5) is 17.1 Å². The van der Waals surface area contributed by atoms with Gasteiger partial charge in [0.1, 0.15) is 11.2 Å². The molecule has 3 nitrogen and oxygen atoms in total. The fourth-order valence-corrected chi connectivity index (χ4v) is 9.16. The molecule has 0 radical (unpaired) electrons. The first-order chi connectivity index (χ1) is 29.2. The Balaban J connectivity index is 0.889. The van der Waals surface area contributed by atoms with Crippen molar-refractivity contribution in [3.05, 3.63) is 218 Å². The average molecular weight is 753 g/mol. The lowest BCUT2D eigenvalue weighted by atomic mass is 10.00. The van der Waals surface area contributed by atoms with Crippen LogP contribution in [-0.2, 0) is 0 Å². The first-order valence-electron chi connectivity index (χ1n) is 20.2. The van der Waals surface area contributed by atoms with Crippen LogP contribution in [-0.4, -0.2) is 4.57 Å². The topological polar surface area (TPSA) is 21.3 Å². The van der Waals surface area contributed by atoms with E-state index < -0.39 is 0 Å². The van der Waals surface area contributed by atoms with E-state index >= 15 is 0 Å². The van der Waals surface area contributed by atoms with Crippen LogP contribution in [0.5, 0.6) is 0 Å². The van der Waals surface area contributed by atoms with E-state index in [1.807, 2.05) is 12.1 Å². The number of hydrogen-bond donors (Lipinski definition) is 0. The second kappa shape index (κ2) is 13.4. The van der Waals surface area contributed by atoms with Crippen LogP contribution in [0.3, 0.4) is 0 Å². The summed E-state index contributed by atoms with van der Waals surface area (Å²) >= 11 is 0. The molecule has 0 aliphatic heterocycles. The zero-order chi connectivity index (χ0) is 38.9. The van der Waals surface area contributed by atoms with Crippen LogP contribution in [0.1, 0.15) is 0 Å². The van der Waals surface area contributed by atoms with Gasteiger partial charge in [0.2, 0.25) is 0 Å². The normalized spacial score (nSPS) is 11.7. The first-order valence-corrected chi connectivity index (χ1v) is 20.2. The summed E-state index contributed by atoms with van der Waals surface area (Å²) in [6.07, 6.45) is 0. The second-order valence-electron chi connectivity index (χ2n) is 15.3. The number of benzene rings is 10. The Kier molecular flexibility index (Phi) is 7.54. The molecule has 0 bridgehead atoms. The van der Waals surface area contributed by atoms with Gasteiger partial charge in [-0.25, -0.2) is 0 Å². The quantitative estimate of drug-likeness (QED) is 0.169. The minimum atomic E-state index is 0.909. The van der Waals surface area contributed by atoms with Crippen molar-refractivity contribution in [2.75, 3.05) is 4.90 Å². The Morgan fingerprint density at radius 2 is 0.780 bits per heavy atom. The molecule has 0 unspecified atom stereocenters. The van der Waals surface area contributed by atoms with E-state index in [1.165, 1.54) is 54.5 Å². The van der Waals surface area contributed by atoms with Gasteiger partial charge in [0.05, 0.1) is 11.0 Å². The Labute approximate surface area is 341 Å². The highest BCUT2D eigenvalue weighted by atomic mass is 16.3. The van der Waals surface area contributed by atoms with Gasteiger partial charge in [-0.1, -0.05) is 140 Å². The smallest absolute Gasteiger partial charge is 0.135 e. The molecule has 0 aliphatic rings. The monoisotopic (exact) mass is 752 g/mol. The zero-order valence-corrected chi connectivity index (χ0v) is 32.1. The summed E-state index contributed by atoms with van der Waals surface area (Å²) in [4.78, 5) is 2.32. The standard InChI is InChI=1S/C56H36N2O/c1-2-12-43(13-3-1)57(45-29-22-39(23-30-45)42-26-35-54-50(36-42)49-16-8-9-17-53(49)59-54)44-27-18-37(19-28-44)38-20-31-46(32-21-38)58-51-33-24-40-10-4-6-14-47(40)55(51)56-48-15-7-5-11-41(48)25-34-52(56)58/h1-36H. The molecule has 0 fully saturated rings. The molecule has 12 rings (SSSR count). The number of rotatable bonds is 6.